The van der Waals surface area contributed by atoms with Crippen LogP contribution in [0, 0.1) is 0 Å². The third-order valence-corrected chi connectivity index (χ3v) is 5.55. The number of carbonyl (C=O) groups excluding carboxylic acids is 1. The lowest BCUT2D eigenvalue weighted by molar-refractivity contribution is -0.130. The smallest absolute Gasteiger partial charge is 0.268 e. The second-order valence-corrected chi connectivity index (χ2v) is 7.70. The molecule has 3 aromatic heterocycles. The first-order valence-electron chi connectivity index (χ1n) is 9.19. The van der Waals surface area contributed by atoms with Crippen LogP contribution in [0.15, 0.2) is 45.3 Å². The first kappa shape index (κ1) is 19.0. The first-order chi connectivity index (χ1) is 14.0. The maximum absolute atomic E-state index is 12.4. The third-order valence-electron chi connectivity index (χ3n) is 4.64. The molecule has 1 amide bonds. The second-order valence-electron chi connectivity index (χ2n) is 6.78. The molecule has 0 aliphatic heterocycles. The van der Waals surface area contributed by atoms with Crippen molar-refractivity contribution >= 4 is 38.4 Å². The molecule has 0 bridgehead atoms. The topological polar surface area (TPSA) is 112 Å². The van der Waals surface area contributed by atoms with Gasteiger partial charge in [0.2, 0.25) is 5.91 Å². The maximum atomic E-state index is 12.4. The summed E-state index contributed by atoms with van der Waals surface area (Å²) in [7, 11) is 1.68. The van der Waals surface area contributed by atoms with E-state index < -0.39 is 0 Å². The average molecular weight is 409 g/mol. The Labute approximate surface area is 169 Å². The van der Waals surface area contributed by atoms with Crippen LogP contribution in [0.25, 0.3) is 21.1 Å². The van der Waals surface area contributed by atoms with Crippen molar-refractivity contribution in [1.29, 1.82) is 0 Å². The number of para-hydroxylation sites is 1. The Morgan fingerprint density at radius 2 is 1.79 bits per heavy atom. The molecule has 0 fully saturated rings. The van der Waals surface area contributed by atoms with Gasteiger partial charge in [-0.1, -0.05) is 12.1 Å². The van der Waals surface area contributed by atoms with E-state index in [2.05, 4.69) is 19.9 Å². The van der Waals surface area contributed by atoms with Crippen molar-refractivity contribution in [3.05, 3.63) is 68.1 Å². The number of rotatable bonds is 6. The van der Waals surface area contributed by atoms with Crippen LogP contribution in [0.4, 0.5) is 0 Å². The number of nitrogens with one attached hydrogen (secondary N) is 2. The van der Waals surface area contributed by atoms with Crippen LogP contribution in [-0.2, 0) is 17.8 Å². The lowest BCUT2D eigenvalue weighted by Gasteiger charge is -2.16. The molecule has 4 rings (SSSR count). The molecule has 0 radical (unpaired) electrons. The third kappa shape index (κ3) is 4.09. The van der Waals surface area contributed by atoms with Crippen molar-refractivity contribution in [2.24, 2.45) is 0 Å². The van der Waals surface area contributed by atoms with Gasteiger partial charge in [-0.3, -0.25) is 14.4 Å². The summed E-state index contributed by atoms with van der Waals surface area (Å²) in [5.74, 6) is 0.955. The minimum atomic E-state index is -0.188. The minimum Gasteiger partial charge on any atom is -0.338 e. The Hall–Kier alpha value is -3.33. The summed E-state index contributed by atoms with van der Waals surface area (Å²) < 4.78 is 0.583. The summed E-state index contributed by atoms with van der Waals surface area (Å²) in [6, 6.07) is 8.95. The van der Waals surface area contributed by atoms with Crippen molar-refractivity contribution in [2.75, 3.05) is 7.05 Å². The van der Waals surface area contributed by atoms with E-state index in [1.807, 2.05) is 11.4 Å². The van der Waals surface area contributed by atoms with Gasteiger partial charge in [-0.15, -0.1) is 11.3 Å². The molecule has 0 unspecified atom stereocenters. The number of hydrogen-bond acceptors (Lipinski definition) is 6. The maximum Gasteiger partial charge on any atom is 0.268 e. The quantitative estimate of drug-likeness (QED) is 0.507. The normalized spacial score (nSPS) is 11.2. The largest absolute Gasteiger partial charge is 0.338 e. The lowest BCUT2D eigenvalue weighted by Crippen LogP contribution is -2.28. The molecule has 29 heavy (non-hydrogen) atoms. The van der Waals surface area contributed by atoms with Crippen LogP contribution in [0.5, 0.6) is 0 Å². The molecule has 148 valence electrons. The molecule has 0 aliphatic rings. The van der Waals surface area contributed by atoms with Crippen molar-refractivity contribution in [2.45, 2.75) is 25.8 Å². The van der Waals surface area contributed by atoms with Gasteiger partial charge in [-0.2, -0.15) is 0 Å². The number of H-pyrrole nitrogens is 2. The van der Waals surface area contributed by atoms with Crippen molar-refractivity contribution in [1.82, 2.24) is 24.8 Å². The SMILES string of the molecule is CN(Cc1nc2ccsc2c(=O)[nH]1)C(=O)CCCc1nc2ccccc2c(=O)[nH]1. The van der Waals surface area contributed by atoms with Crippen molar-refractivity contribution < 1.29 is 4.79 Å². The molecule has 0 aliphatic carbocycles. The molecule has 0 atom stereocenters. The van der Waals surface area contributed by atoms with Gasteiger partial charge in [-0.05, 0) is 30.0 Å². The predicted molar refractivity (Wildman–Crippen MR) is 112 cm³/mol. The molecule has 4 aromatic rings. The second kappa shape index (κ2) is 7.96. The highest BCUT2D eigenvalue weighted by molar-refractivity contribution is 7.17. The number of aromatic amines is 2. The van der Waals surface area contributed by atoms with Gasteiger partial charge in [0.05, 0.1) is 23.0 Å². The van der Waals surface area contributed by atoms with Crippen LogP contribution >= 0.6 is 11.3 Å². The number of hydrogen-bond donors (Lipinski definition) is 2. The van der Waals surface area contributed by atoms with Crippen LogP contribution in [0.3, 0.4) is 0 Å². The number of fused-ring (bicyclic) bond motifs is 2. The van der Waals surface area contributed by atoms with Crippen molar-refractivity contribution in [3.8, 4) is 0 Å². The lowest BCUT2D eigenvalue weighted by atomic mass is 10.2. The van der Waals surface area contributed by atoms with Gasteiger partial charge in [0.25, 0.3) is 11.1 Å². The highest BCUT2D eigenvalue weighted by Crippen LogP contribution is 2.14. The molecular weight excluding hydrogens is 390 g/mol. The van der Waals surface area contributed by atoms with Crippen LogP contribution < -0.4 is 11.1 Å². The van der Waals surface area contributed by atoms with Gasteiger partial charge >= 0.3 is 0 Å². The minimum absolute atomic E-state index is 0.0683. The fraction of sp³-hybridized carbons (Fsp3) is 0.250. The highest BCUT2D eigenvalue weighted by Gasteiger charge is 2.13. The molecule has 0 saturated heterocycles. The Kier molecular flexibility index (Phi) is 5.22. The molecule has 8 nitrogen and oxygen atoms in total. The standard InChI is InChI=1S/C20H19N5O3S/c1-25(11-16-22-14-9-10-29-18(14)20(28)24-16)17(26)8-4-7-15-21-13-6-3-2-5-12(13)19(27)23-15/h2-3,5-6,9-10H,4,7-8,11H2,1H3,(H,21,23,27)(H,22,24,28). The van der Waals surface area contributed by atoms with Gasteiger partial charge in [0, 0.05) is 19.9 Å². The van der Waals surface area contributed by atoms with E-state index in [0.29, 0.717) is 52.0 Å². The van der Waals surface area contributed by atoms with E-state index in [1.54, 1.807) is 31.3 Å². The van der Waals surface area contributed by atoms with Gasteiger partial charge in [0.15, 0.2) is 0 Å². The summed E-state index contributed by atoms with van der Waals surface area (Å²) in [6.45, 7) is 0.227. The zero-order valence-corrected chi connectivity index (χ0v) is 16.6. The number of thiophene rings is 1. The Morgan fingerprint density at radius 3 is 2.66 bits per heavy atom. The van der Waals surface area contributed by atoms with E-state index >= 15 is 0 Å². The van der Waals surface area contributed by atoms with Gasteiger partial charge in [0.1, 0.15) is 16.3 Å². The number of benzene rings is 1. The summed E-state index contributed by atoms with van der Waals surface area (Å²) in [5.41, 5.74) is 0.926. The van der Waals surface area contributed by atoms with Crippen LogP contribution in [0.2, 0.25) is 0 Å². The molecular formula is C20H19N5O3S. The molecule has 1 aromatic carbocycles. The molecule has 0 saturated carbocycles. The Balaban J connectivity index is 1.36. The fourth-order valence-electron chi connectivity index (χ4n) is 3.16. The molecule has 2 N–H and O–H groups in total. The van der Waals surface area contributed by atoms with Crippen LogP contribution in [-0.4, -0.2) is 37.8 Å². The predicted octanol–water partition coefficient (Wildman–Crippen LogP) is 2.20. The summed E-state index contributed by atoms with van der Waals surface area (Å²) in [5, 5.41) is 2.37. The van der Waals surface area contributed by atoms with E-state index in [4.69, 9.17) is 0 Å². The summed E-state index contributed by atoms with van der Waals surface area (Å²) >= 11 is 1.34. The summed E-state index contributed by atoms with van der Waals surface area (Å²) in [6.07, 6.45) is 1.35. The zero-order chi connectivity index (χ0) is 20.4. The highest BCUT2D eigenvalue weighted by atomic mass is 32.1. The van der Waals surface area contributed by atoms with Crippen LogP contribution in [0.1, 0.15) is 24.5 Å². The van der Waals surface area contributed by atoms with Crippen molar-refractivity contribution in [3.63, 3.8) is 0 Å². The number of aryl methyl sites for hydroxylation is 1. The number of nitrogens with zero attached hydrogens (tertiary/aromatic N) is 3. The zero-order valence-electron chi connectivity index (χ0n) is 15.8. The average Bonchev–Trinajstić information content (AvgIpc) is 3.17. The number of carbonyl (C=O) groups is 1. The van der Waals surface area contributed by atoms with E-state index in [1.165, 1.54) is 16.2 Å². The fourth-order valence-corrected chi connectivity index (χ4v) is 3.89. The molecule has 0 spiro atoms. The first-order valence-corrected chi connectivity index (χ1v) is 10.1. The molecule has 3 heterocycles. The Morgan fingerprint density at radius 1 is 1.03 bits per heavy atom. The summed E-state index contributed by atoms with van der Waals surface area (Å²) in [4.78, 5) is 52.5. The van der Waals surface area contributed by atoms with E-state index in [9.17, 15) is 14.4 Å². The van der Waals surface area contributed by atoms with Gasteiger partial charge < -0.3 is 14.9 Å². The van der Waals surface area contributed by atoms with Gasteiger partial charge in [-0.25, -0.2) is 9.97 Å². The number of aromatic nitrogens is 4. The van der Waals surface area contributed by atoms with E-state index in [-0.39, 0.29) is 23.6 Å². The monoisotopic (exact) mass is 409 g/mol. The Bertz CT molecular complexity index is 1310. The molecule has 9 heteroatoms. The van der Waals surface area contributed by atoms with E-state index in [0.717, 1.165) is 0 Å². The number of amides is 1.